The van der Waals surface area contributed by atoms with Gasteiger partial charge in [0, 0.05) is 45.1 Å². The molecule has 8 heteroatoms. The molecule has 2 fully saturated rings. The van der Waals surface area contributed by atoms with Crippen LogP contribution in [0.2, 0.25) is 0 Å². The van der Waals surface area contributed by atoms with Crippen molar-refractivity contribution in [2.24, 2.45) is 5.41 Å². The number of imidazole rings is 1. The van der Waals surface area contributed by atoms with E-state index in [1.54, 1.807) is 12.5 Å². The maximum Gasteiger partial charge on any atom is 0.317 e. The smallest absolute Gasteiger partial charge is 0.317 e. The Kier molecular flexibility index (Phi) is 5.98. The fourth-order valence-electron chi connectivity index (χ4n) is 4.14. The van der Waals surface area contributed by atoms with Crippen molar-refractivity contribution < 1.29 is 9.59 Å². The van der Waals surface area contributed by atoms with Crippen LogP contribution in [0.15, 0.2) is 18.7 Å². The third kappa shape index (κ3) is 4.32. The number of piperidine rings is 1. The Morgan fingerprint density at radius 1 is 1.32 bits per heavy atom. The molecule has 1 aromatic heterocycles. The van der Waals surface area contributed by atoms with Crippen LogP contribution in [0.5, 0.6) is 0 Å². The Morgan fingerprint density at radius 3 is 2.64 bits per heavy atom. The molecule has 8 nitrogen and oxygen atoms in total. The van der Waals surface area contributed by atoms with Gasteiger partial charge in [0.1, 0.15) is 5.54 Å². The van der Waals surface area contributed by atoms with Gasteiger partial charge < -0.3 is 20.1 Å². The van der Waals surface area contributed by atoms with Crippen molar-refractivity contribution in [2.45, 2.75) is 58.2 Å². The number of rotatable bonds is 3. The second kappa shape index (κ2) is 8.11. The van der Waals surface area contributed by atoms with Crippen LogP contribution in [0.3, 0.4) is 0 Å². The quantitative estimate of drug-likeness (QED) is 0.815. The molecule has 1 atom stereocenters. The van der Waals surface area contributed by atoms with Crippen molar-refractivity contribution in [1.29, 1.82) is 0 Å². The molecule has 0 radical (unpaired) electrons. The molecule has 0 aliphatic carbocycles. The van der Waals surface area contributed by atoms with Crippen molar-refractivity contribution in [3.05, 3.63) is 18.7 Å². The van der Waals surface area contributed by atoms with Crippen LogP contribution in [0.25, 0.3) is 0 Å². The van der Waals surface area contributed by atoms with E-state index in [1.165, 1.54) is 0 Å². The highest BCUT2D eigenvalue weighted by Crippen LogP contribution is 2.30. The lowest BCUT2D eigenvalue weighted by Crippen LogP contribution is -2.62. The van der Waals surface area contributed by atoms with E-state index in [4.69, 9.17) is 0 Å². The zero-order chi connectivity index (χ0) is 20.4. The molecule has 156 valence electrons. The fraction of sp³-hybridized carbons (Fsp3) is 0.750. The average molecular weight is 391 g/mol. The Bertz CT molecular complexity index is 673. The molecule has 1 spiro atoms. The molecule has 1 unspecified atom stereocenters. The Labute approximate surface area is 167 Å². The van der Waals surface area contributed by atoms with Crippen LogP contribution < -0.4 is 10.6 Å². The van der Waals surface area contributed by atoms with Crippen LogP contribution in [0, 0.1) is 5.41 Å². The van der Waals surface area contributed by atoms with Crippen molar-refractivity contribution in [1.82, 2.24) is 30.0 Å². The molecule has 28 heavy (non-hydrogen) atoms. The third-order valence-electron chi connectivity index (χ3n) is 6.28. The van der Waals surface area contributed by atoms with Gasteiger partial charge in [0.05, 0.1) is 12.4 Å². The molecule has 3 amide bonds. The molecule has 2 aliphatic rings. The van der Waals surface area contributed by atoms with E-state index in [1.807, 2.05) is 22.7 Å². The fourth-order valence-corrected chi connectivity index (χ4v) is 4.14. The van der Waals surface area contributed by atoms with E-state index in [0.717, 1.165) is 19.5 Å². The molecule has 3 rings (SSSR count). The lowest BCUT2D eigenvalue weighted by molar-refractivity contribution is -0.134. The van der Waals surface area contributed by atoms with Crippen LogP contribution in [0.1, 0.15) is 40.0 Å². The Balaban J connectivity index is 1.63. The molecule has 2 aliphatic heterocycles. The SMILES string of the molecule is CN1CCCNC(=O)C12CCN(C(=O)NC(Cn1ccnc1)C(C)(C)C)CC2. The van der Waals surface area contributed by atoms with Gasteiger partial charge in [0.2, 0.25) is 5.91 Å². The van der Waals surface area contributed by atoms with Gasteiger partial charge in [0.25, 0.3) is 0 Å². The highest BCUT2D eigenvalue weighted by atomic mass is 16.2. The minimum Gasteiger partial charge on any atom is -0.354 e. The first-order valence-corrected chi connectivity index (χ1v) is 10.2. The number of amides is 3. The van der Waals surface area contributed by atoms with E-state index in [0.29, 0.717) is 32.5 Å². The molecule has 0 aromatic carbocycles. The summed E-state index contributed by atoms with van der Waals surface area (Å²) in [7, 11) is 2.03. The van der Waals surface area contributed by atoms with Gasteiger partial charge in [0.15, 0.2) is 0 Å². The maximum absolute atomic E-state index is 13.0. The summed E-state index contributed by atoms with van der Waals surface area (Å²) in [6.45, 7) is 9.88. The number of carbonyl (C=O) groups is 2. The van der Waals surface area contributed by atoms with Gasteiger partial charge >= 0.3 is 6.03 Å². The summed E-state index contributed by atoms with van der Waals surface area (Å²) in [6.07, 6.45) is 7.75. The predicted molar refractivity (Wildman–Crippen MR) is 108 cm³/mol. The van der Waals surface area contributed by atoms with Crippen molar-refractivity contribution in [2.75, 3.05) is 33.2 Å². The van der Waals surface area contributed by atoms with Gasteiger partial charge in [-0.1, -0.05) is 20.8 Å². The number of nitrogens with one attached hydrogen (secondary N) is 2. The number of urea groups is 1. The Hall–Kier alpha value is -2.09. The van der Waals surface area contributed by atoms with E-state index in [9.17, 15) is 9.59 Å². The van der Waals surface area contributed by atoms with Gasteiger partial charge in [-0.2, -0.15) is 0 Å². The summed E-state index contributed by atoms with van der Waals surface area (Å²) in [5.74, 6) is 0.111. The molecular formula is C20H34N6O2. The number of likely N-dealkylation sites (N-methyl/N-ethyl adjacent to an activating group) is 1. The lowest BCUT2D eigenvalue weighted by Gasteiger charge is -2.45. The van der Waals surface area contributed by atoms with Gasteiger partial charge in [-0.3, -0.25) is 9.69 Å². The van der Waals surface area contributed by atoms with E-state index >= 15 is 0 Å². The first kappa shape index (κ1) is 20.6. The minimum absolute atomic E-state index is 0.0195. The van der Waals surface area contributed by atoms with E-state index in [-0.39, 0.29) is 23.4 Å². The predicted octanol–water partition coefficient (Wildman–Crippen LogP) is 1.29. The summed E-state index contributed by atoms with van der Waals surface area (Å²) in [4.78, 5) is 33.8. The van der Waals surface area contributed by atoms with Crippen LogP contribution >= 0.6 is 0 Å². The molecular weight excluding hydrogens is 356 g/mol. The summed E-state index contributed by atoms with van der Waals surface area (Å²) >= 11 is 0. The van der Waals surface area contributed by atoms with Crippen molar-refractivity contribution >= 4 is 11.9 Å². The second-order valence-corrected chi connectivity index (χ2v) is 9.18. The van der Waals surface area contributed by atoms with Crippen LogP contribution in [0.4, 0.5) is 4.79 Å². The topological polar surface area (TPSA) is 82.5 Å². The van der Waals surface area contributed by atoms with E-state index in [2.05, 4.69) is 41.3 Å². The molecule has 0 bridgehead atoms. The second-order valence-electron chi connectivity index (χ2n) is 9.18. The number of carbonyl (C=O) groups excluding carboxylic acids is 2. The Morgan fingerprint density at radius 2 is 2.04 bits per heavy atom. The lowest BCUT2D eigenvalue weighted by atomic mass is 9.85. The van der Waals surface area contributed by atoms with Gasteiger partial charge in [-0.15, -0.1) is 0 Å². The highest BCUT2D eigenvalue weighted by molar-refractivity contribution is 5.87. The summed E-state index contributed by atoms with van der Waals surface area (Å²) < 4.78 is 1.99. The number of nitrogens with zero attached hydrogens (tertiary/aromatic N) is 4. The molecule has 2 N–H and O–H groups in total. The number of hydrogen-bond acceptors (Lipinski definition) is 4. The summed E-state index contributed by atoms with van der Waals surface area (Å²) in [6, 6.07) is -0.0690. The van der Waals surface area contributed by atoms with Crippen molar-refractivity contribution in [3.63, 3.8) is 0 Å². The molecule has 2 saturated heterocycles. The van der Waals surface area contributed by atoms with Crippen LogP contribution in [-0.4, -0.2) is 76.1 Å². The van der Waals surface area contributed by atoms with Crippen LogP contribution in [-0.2, 0) is 11.3 Å². The summed E-state index contributed by atoms with van der Waals surface area (Å²) in [5, 5.41) is 6.26. The zero-order valence-electron chi connectivity index (χ0n) is 17.6. The normalized spacial score (nSPS) is 21.9. The summed E-state index contributed by atoms with van der Waals surface area (Å²) in [5.41, 5.74) is -0.564. The number of likely N-dealkylation sites (tertiary alicyclic amines) is 1. The standard InChI is InChI=1S/C20H34N6O2/c1-19(2,3)16(14-25-13-9-21-15-25)23-18(28)26-11-6-20(7-12-26)17(27)22-8-5-10-24(20)4/h9,13,15-16H,5-8,10-12,14H2,1-4H3,(H,22,27)(H,23,28). The molecule has 0 saturated carbocycles. The largest absolute Gasteiger partial charge is 0.354 e. The van der Waals surface area contributed by atoms with Crippen molar-refractivity contribution in [3.8, 4) is 0 Å². The highest BCUT2D eigenvalue weighted by Gasteiger charge is 2.46. The van der Waals surface area contributed by atoms with Gasteiger partial charge in [-0.25, -0.2) is 9.78 Å². The average Bonchev–Trinajstić information content (AvgIpc) is 3.12. The molecule has 3 heterocycles. The molecule has 1 aromatic rings. The third-order valence-corrected chi connectivity index (χ3v) is 6.28. The first-order chi connectivity index (χ1) is 13.2. The monoisotopic (exact) mass is 390 g/mol. The number of aromatic nitrogens is 2. The maximum atomic E-state index is 13.0. The zero-order valence-corrected chi connectivity index (χ0v) is 17.6. The minimum atomic E-state index is -0.479. The van der Waals surface area contributed by atoms with Gasteiger partial charge in [-0.05, 0) is 31.7 Å². The number of hydrogen-bond donors (Lipinski definition) is 2. The first-order valence-electron chi connectivity index (χ1n) is 10.2. The van der Waals surface area contributed by atoms with E-state index < -0.39 is 5.54 Å².